The molecule has 0 heterocycles. The third-order valence-electron chi connectivity index (χ3n) is 10.8. The average Bonchev–Trinajstić information content (AvgIpc) is 3.29. The maximum Gasteiger partial charge on any atom is 0.306 e. The van der Waals surface area contributed by atoms with Gasteiger partial charge in [-0.15, -0.1) is 0 Å². The molecule has 1 unspecified atom stereocenters. The fourth-order valence-electron chi connectivity index (χ4n) is 6.95. The van der Waals surface area contributed by atoms with Gasteiger partial charge in [0.25, 0.3) is 0 Å². The van der Waals surface area contributed by atoms with Crippen LogP contribution in [0, 0.1) is 0 Å². The molecule has 364 valence electrons. The third kappa shape index (κ3) is 49.3. The van der Waals surface area contributed by atoms with Crippen LogP contribution >= 0.6 is 0 Å². The molecule has 0 aromatic rings. The number of carbonyl (C=O) groups excluding carboxylic acids is 3. The number of allylic oxidation sites excluding steroid dienone is 16. The van der Waals surface area contributed by atoms with Gasteiger partial charge in [0.15, 0.2) is 6.10 Å². The Hall–Kier alpha value is -3.67. The van der Waals surface area contributed by atoms with E-state index in [0.717, 1.165) is 122 Å². The van der Waals surface area contributed by atoms with E-state index in [1.165, 1.54) is 70.6 Å². The van der Waals surface area contributed by atoms with Crippen LogP contribution in [0.15, 0.2) is 97.2 Å². The monoisotopic (exact) mass is 889 g/mol. The number of carbonyl (C=O) groups is 3. The van der Waals surface area contributed by atoms with Gasteiger partial charge in [-0.3, -0.25) is 14.4 Å². The van der Waals surface area contributed by atoms with Crippen molar-refractivity contribution in [1.29, 1.82) is 0 Å². The quantitative estimate of drug-likeness (QED) is 0.0262. The van der Waals surface area contributed by atoms with Gasteiger partial charge >= 0.3 is 17.9 Å². The van der Waals surface area contributed by atoms with Gasteiger partial charge in [0, 0.05) is 19.3 Å². The molecule has 1 atom stereocenters. The Bertz CT molecular complexity index is 1300. The Morgan fingerprint density at radius 2 is 0.609 bits per heavy atom. The van der Waals surface area contributed by atoms with Crippen LogP contribution in [-0.2, 0) is 28.6 Å². The van der Waals surface area contributed by atoms with Crippen LogP contribution < -0.4 is 0 Å². The van der Waals surface area contributed by atoms with Crippen molar-refractivity contribution in [3.05, 3.63) is 97.2 Å². The Morgan fingerprint density at radius 1 is 0.328 bits per heavy atom. The van der Waals surface area contributed by atoms with Gasteiger partial charge in [-0.1, -0.05) is 214 Å². The predicted molar refractivity (Wildman–Crippen MR) is 274 cm³/mol. The van der Waals surface area contributed by atoms with Crippen molar-refractivity contribution in [2.45, 2.75) is 239 Å². The minimum absolute atomic E-state index is 0.0894. The lowest BCUT2D eigenvalue weighted by Gasteiger charge is -2.18. The van der Waals surface area contributed by atoms with Crippen molar-refractivity contribution in [2.24, 2.45) is 0 Å². The molecular weight excluding hydrogens is 793 g/mol. The van der Waals surface area contributed by atoms with E-state index in [0.29, 0.717) is 19.3 Å². The van der Waals surface area contributed by atoms with Crippen LogP contribution in [0.3, 0.4) is 0 Å². The standard InChI is InChI=1S/C58H96O6/c1-4-7-10-13-16-18-20-22-24-26-27-28-29-30-31-33-34-36-38-40-42-45-48-51-57(60)63-54-55(53-62-56(59)50-47-44-15-12-9-6-3)64-58(61)52-49-46-43-41-39-37-35-32-25-23-21-19-17-14-11-8-5-2/h7-8,10-11,16-19,22-25,27-28,35,37,55H,4-6,9,12-15,20-21,26,29-34,36,38-54H2,1-3H3/b10-7-,11-8-,18-16-,19-17-,24-22-,25-23-,28-27-,37-35-. The molecule has 0 N–H and O–H groups in total. The highest BCUT2D eigenvalue weighted by Gasteiger charge is 2.19. The second-order valence-corrected chi connectivity index (χ2v) is 17.0. The highest BCUT2D eigenvalue weighted by atomic mass is 16.6. The van der Waals surface area contributed by atoms with Gasteiger partial charge in [-0.25, -0.2) is 0 Å². The minimum atomic E-state index is -0.789. The van der Waals surface area contributed by atoms with E-state index in [9.17, 15) is 14.4 Å². The van der Waals surface area contributed by atoms with E-state index in [1.54, 1.807) is 0 Å². The van der Waals surface area contributed by atoms with Gasteiger partial charge in [0.2, 0.25) is 0 Å². The third-order valence-corrected chi connectivity index (χ3v) is 10.8. The lowest BCUT2D eigenvalue weighted by atomic mass is 10.1. The maximum atomic E-state index is 12.8. The average molecular weight is 889 g/mol. The van der Waals surface area contributed by atoms with E-state index in [1.807, 2.05) is 0 Å². The first-order valence-corrected chi connectivity index (χ1v) is 26.2. The van der Waals surface area contributed by atoms with E-state index in [4.69, 9.17) is 14.2 Å². The molecule has 0 saturated heterocycles. The lowest BCUT2D eigenvalue weighted by Crippen LogP contribution is -2.30. The molecular formula is C58H96O6. The summed E-state index contributed by atoms with van der Waals surface area (Å²) in [6.45, 7) is 6.32. The summed E-state index contributed by atoms with van der Waals surface area (Å²) in [6.07, 6.45) is 68.5. The molecule has 6 heteroatoms. The van der Waals surface area contributed by atoms with E-state index in [-0.39, 0.29) is 31.1 Å². The largest absolute Gasteiger partial charge is 0.462 e. The number of hydrogen-bond donors (Lipinski definition) is 0. The number of esters is 3. The zero-order chi connectivity index (χ0) is 46.5. The van der Waals surface area contributed by atoms with Crippen molar-refractivity contribution in [1.82, 2.24) is 0 Å². The zero-order valence-electron chi connectivity index (χ0n) is 41.5. The second kappa shape index (κ2) is 52.0. The number of unbranched alkanes of at least 4 members (excludes halogenated alkanes) is 19. The van der Waals surface area contributed by atoms with Crippen molar-refractivity contribution in [3.8, 4) is 0 Å². The van der Waals surface area contributed by atoms with E-state index >= 15 is 0 Å². The first-order chi connectivity index (χ1) is 31.5. The summed E-state index contributed by atoms with van der Waals surface area (Å²) in [4.78, 5) is 37.8. The van der Waals surface area contributed by atoms with Crippen LogP contribution in [0.5, 0.6) is 0 Å². The molecule has 0 aliphatic heterocycles. The Balaban J connectivity index is 4.23. The molecule has 64 heavy (non-hydrogen) atoms. The van der Waals surface area contributed by atoms with Gasteiger partial charge in [0.1, 0.15) is 13.2 Å². The molecule has 0 aliphatic carbocycles. The van der Waals surface area contributed by atoms with Gasteiger partial charge in [-0.05, 0) is 96.3 Å². The predicted octanol–water partition coefficient (Wildman–Crippen LogP) is 17.4. The highest BCUT2D eigenvalue weighted by molar-refractivity contribution is 5.71. The molecule has 0 radical (unpaired) electrons. The molecule has 0 aliphatic rings. The summed E-state index contributed by atoms with van der Waals surface area (Å²) in [5.74, 6) is -0.930. The molecule has 6 nitrogen and oxygen atoms in total. The molecule has 0 spiro atoms. The van der Waals surface area contributed by atoms with Crippen molar-refractivity contribution in [3.63, 3.8) is 0 Å². The lowest BCUT2D eigenvalue weighted by molar-refractivity contribution is -0.167. The second-order valence-electron chi connectivity index (χ2n) is 17.0. The van der Waals surface area contributed by atoms with Crippen molar-refractivity contribution < 1.29 is 28.6 Å². The van der Waals surface area contributed by atoms with E-state index in [2.05, 4.69) is 118 Å². The molecule has 0 aromatic heterocycles. The topological polar surface area (TPSA) is 78.9 Å². The molecule has 0 aromatic carbocycles. The summed E-state index contributed by atoms with van der Waals surface area (Å²) >= 11 is 0. The zero-order valence-corrected chi connectivity index (χ0v) is 41.5. The molecule has 0 fully saturated rings. The Kier molecular flexibility index (Phi) is 49.0. The molecule has 0 bridgehead atoms. The van der Waals surface area contributed by atoms with Crippen LogP contribution in [-0.4, -0.2) is 37.2 Å². The first-order valence-electron chi connectivity index (χ1n) is 26.2. The Morgan fingerprint density at radius 3 is 0.953 bits per heavy atom. The van der Waals surface area contributed by atoms with Crippen molar-refractivity contribution >= 4 is 17.9 Å². The van der Waals surface area contributed by atoms with Crippen LogP contribution in [0.4, 0.5) is 0 Å². The smallest absolute Gasteiger partial charge is 0.306 e. The summed E-state index contributed by atoms with van der Waals surface area (Å²) < 4.78 is 16.7. The fourth-order valence-corrected chi connectivity index (χ4v) is 6.95. The number of hydrogen-bond acceptors (Lipinski definition) is 6. The summed E-state index contributed by atoms with van der Waals surface area (Å²) in [7, 11) is 0. The van der Waals surface area contributed by atoms with Crippen molar-refractivity contribution in [2.75, 3.05) is 13.2 Å². The molecule has 0 amide bonds. The molecule has 0 rings (SSSR count). The SMILES string of the molecule is CC/C=C\C/C=C\C/C=C\C/C=C\CCCCCCCCCCCCC(=O)OCC(COC(=O)CCCCCCCC)OC(=O)CCCCCC/C=C\C/C=C\C/C=C\C/C=C\CC. The normalized spacial score (nSPS) is 12.9. The first kappa shape index (κ1) is 60.3. The fraction of sp³-hybridized carbons (Fsp3) is 0.672. The van der Waals surface area contributed by atoms with Gasteiger partial charge in [-0.2, -0.15) is 0 Å². The van der Waals surface area contributed by atoms with Crippen LogP contribution in [0.25, 0.3) is 0 Å². The van der Waals surface area contributed by atoms with Gasteiger partial charge < -0.3 is 14.2 Å². The highest BCUT2D eigenvalue weighted by Crippen LogP contribution is 2.14. The number of ether oxygens (including phenoxy) is 3. The number of rotatable bonds is 46. The summed E-state index contributed by atoms with van der Waals surface area (Å²) in [5, 5.41) is 0. The van der Waals surface area contributed by atoms with Crippen LogP contribution in [0.2, 0.25) is 0 Å². The van der Waals surface area contributed by atoms with E-state index < -0.39 is 6.10 Å². The summed E-state index contributed by atoms with van der Waals surface area (Å²) in [5.41, 5.74) is 0. The van der Waals surface area contributed by atoms with Gasteiger partial charge in [0.05, 0.1) is 0 Å². The van der Waals surface area contributed by atoms with Crippen LogP contribution in [0.1, 0.15) is 233 Å². The molecule has 0 saturated carbocycles. The maximum absolute atomic E-state index is 12.8. The Labute approximate surface area is 394 Å². The summed E-state index contributed by atoms with van der Waals surface area (Å²) in [6, 6.07) is 0. The minimum Gasteiger partial charge on any atom is -0.462 e.